The van der Waals surface area contributed by atoms with Crippen LogP contribution in [0.4, 0.5) is 0 Å². The standard InChI is InChI=1S/C13H22N6O2.HI/c1-3-14-13(15-8-11-17-10(2)18-21-11)16-9-12(20)19-6-4-5-7-19;/h3-9H2,1-2H3,(H2,14,15,16);1H. The van der Waals surface area contributed by atoms with Crippen LogP contribution in [0, 0.1) is 6.92 Å². The first-order valence-corrected chi connectivity index (χ1v) is 7.28. The van der Waals surface area contributed by atoms with Crippen molar-refractivity contribution in [2.75, 3.05) is 26.2 Å². The number of hydrogen-bond donors (Lipinski definition) is 2. The van der Waals surface area contributed by atoms with E-state index in [4.69, 9.17) is 4.52 Å². The molecular formula is C13H23IN6O2. The van der Waals surface area contributed by atoms with Gasteiger partial charge in [-0.05, 0) is 26.7 Å². The Hall–Kier alpha value is -1.39. The molecule has 0 spiro atoms. The summed E-state index contributed by atoms with van der Waals surface area (Å²) in [5.41, 5.74) is 0. The molecule has 0 saturated carbocycles. The van der Waals surface area contributed by atoms with Crippen LogP contribution < -0.4 is 10.6 Å². The molecule has 2 heterocycles. The van der Waals surface area contributed by atoms with Crippen LogP contribution in [0.25, 0.3) is 0 Å². The second kappa shape index (κ2) is 9.59. The Morgan fingerprint density at radius 1 is 1.36 bits per heavy atom. The Morgan fingerprint density at radius 3 is 2.68 bits per heavy atom. The highest BCUT2D eigenvalue weighted by Gasteiger charge is 2.17. The van der Waals surface area contributed by atoms with E-state index in [1.54, 1.807) is 6.92 Å². The van der Waals surface area contributed by atoms with Gasteiger partial charge in [0.05, 0.1) is 6.54 Å². The Morgan fingerprint density at radius 2 is 2.09 bits per heavy atom. The lowest BCUT2D eigenvalue weighted by molar-refractivity contribution is -0.128. The highest BCUT2D eigenvalue weighted by molar-refractivity contribution is 14.0. The number of nitrogens with one attached hydrogen (secondary N) is 2. The molecule has 1 saturated heterocycles. The van der Waals surface area contributed by atoms with Crippen molar-refractivity contribution in [3.8, 4) is 0 Å². The maximum absolute atomic E-state index is 12.0. The number of amides is 1. The van der Waals surface area contributed by atoms with Crippen molar-refractivity contribution < 1.29 is 9.32 Å². The molecule has 0 atom stereocenters. The van der Waals surface area contributed by atoms with Crippen molar-refractivity contribution in [1.29, 1.82) is 0 Å². The topological polar surface area (TPSA) is 95.7 Å². The number of aromatic nitrogens is 2. The molecular weight excluding hydrogens is 399 g/mol. The fraction of sp³-hybridized carbons (Fsp3) is 0.692. The Balaban J connectivity index is 0.00000242. The largest absolute Gasteiger partial charge is 0.357 e. The van der Waals surface area contributed by atoms with E-state index in [-0.39, 0.29) is 36.4 Å². The van der Waals surface area contributed by atoms with Crippen molar-refractivity contribution >= 4 is 35.8 Å². The number of guanidine groups is 1. The van der Waals surface area contributed by atoms with Crippen molar-refractivity contribution in [2.24, 2.45) is 4.99 Å². The number of halogens is 1. The molecule has 22 heavy (non-hydrogen) atoms. The zero-order valence-corrected chi connectivity index (χ0v) is 15.3. The van der Waals surface area contributed by atoms with Gasteiger partial charge in [0.1, 0.15) is 6.54 Å². The van der Waals surface area contributed by atoms with E-state index < -0.39 is 0 Å². The summed E-state index contributed by atoms with van der Waals surface area (Å²) < 4.78 is 5.02. The van der Waals surface area contributed by atoms with Crippen molar-refractivity contribution in [3.05, 3.63) is 11.7 Å². The van der Waals surface area contributed by atoms with Gasteiger partial charge in [-0.25, -0.2) is 4.99 Å². The summed E-state index contributed by atoms with van der Waals surface area (Å²) in [5, 5.41) is 9.87. The lowest BCUT2D eigenvalue weighted by atomic mass is 10.4. The summed E-state index contributed by atoms with van der Waals surface area (Å²) in [6.07, 6.45) is 2.18. The molecule has 0 radical (unpaired) electrons. The van der Waals surface area contributed by atoms with E-state index in [2.05, 4.69) is 25.8 Å². The van der Waals surface area contributed by atoms with Gasteiger partial charge >= 0.3 is 0 Å². The first-order chi connectivity index (χ1) is 10.2. The minimum absolute atomic E-state index is 0. The van der Waals surface area contributed by atoms with Crippen LogP contribution in [0.3, 0.4) is 0 Å². The molecule has 0 bridgehead atoms. The van der Waals surface area contributed by atoms with Gasteiger partial charge in [-0.2, -0.15) is 4.98 Å². The second-order valence-electron chi connectivity index (χ2n) is 4.87. The number of carbonyl (C=O) groups excluding carboxylic acids is 1. The normalized spacial score (nSPS) is 14.6. The smallest absolute Gasteiger partial charge is 0.246 e. The van der Waals surface area contributed by atoms with Gasteiger partial charge in [-0.15, -0.1) is 24.0 Å². The van der Waals surface area contributed by atoms with Crippen molar-refractivity contribution in [3.63, 3.8) is 0 Å². The minimum Gasteiger partial charge on any atom is -0.357 e. The zero-order valence-electron chi connectivity index (χ0n) is 13.0. The van der Waals surface area contributed by atoms with Gasteiger partial charge in [-0.1, -0.05) is 5.16 Å². The molecule has 124 valence electrons. The summed E-state index contributed by atoms with van der Waals surface area (Å²) in [6, 6.07) is 0. The van der Waals surface area contributed by atoms with Crippen molar-refractivity contribution in [1.82, 2.24) is 25.7 Å². The second-order valence-corrected chi connectivity index (χ2v) is 4.87. The van der Waals surface area contributed by atoms with Crippen LogP contribution in [0.15, 0.2) is 9.52 Å². The molecule has 9 heteroatoms. The van der Waals surface area contributed by atoms with Gasteiger partial charge in [0.2, 0.25) is 11.8 Å². The molecule has 0 aliphatic carbocycles. The molecule has 0 aromatic carbocycles. The first kappa shape index (κ1) is 18.7. The van der Waals surface area contributed by atoms with Gasteiger partial charge in [-0.3, -0.25) is 4.79 Å². The van der Waals surface area contributed by atoms with Crippen LogP contribution in [0.1, 0.15) is 31.5 Å². The summed E-state index contributed by atoms with van der Waals surface area (Å²) >= 11 is 0. The highest BCUT2D eigenvalue weighted by atomic mass is 127. The van der Waals surface area contributed by atoms with Gasteiger partial charge < -0.3 is 20.1 Å². The molecule has 0 unspecified atom stereocenters. The van der Waals surface area contributed by atoms with Crippen molar-refractivity contribution in [2.45, 2.75) is 33.2 Å². The molecule has 2 N–H and O–H groups in total. The zero-order chi connectivity index (χ0) is 15.1. The Labute approximate surface area is 147 Å². The lowest BCUT2D eigenvalue weighted by Crippen LogP contribution is -2.38. The number of hydrogen-bond acceptors (Lipinski definition) is 5. The SMILES string of the molecule is CCNC(=NCC(=O)N1CCCC1)NCc1nc(C)no1.I. The third-order valence-electron chi connectivity index (χ3n) is 3.15. The summed E-state index contributed by atoms with van der Waals surface area (Å²) in [6.45, 7) is 6.67. The molecule has 1 amide bonds. The van der Waals surface area contributed by atoms with Crippen LogP contribution in [0.5, 0.6) is 0 Å². The predicted octanol–water partition coefficient (Wildman–Crippen LogP) is 0.674. The fourth-order valence-corrected chi connectivity index (χ4v) is 2.13. The number of aryl methyl sites for hydroxylation is 1. The maximum atomic E-state index is 12.0. The summed E-state index contributed by atoms with van der Waals surface area (Å²) in [5.74, 6) is 1.72. The fourth-order valence-electron chi connectivity index (χ4n) is 2.13. The van der Waals surface area contributed by atoms with Crippen LogP contribution in [0.2, 0.25) is 0 Å². The highest BCUT2D eigenvalue weighted by Crippen LogP contribution is 2.07. The van der Waals surface area contributed by atoms with E-state index in [0.717, 1.165) is 25.9 Å². The third kappa shape index (κ3) is 5.78. The first-order valence-electron chi connectivity index (χ1n) is 7.28. The Bertz CT molecular complexity index is 498. The van der Waals surface area contributed by atoms with Gasteiger partial charge in [0, 0.05) is 19.6 Å². The average Bonchev–Trinajstić information content (AvgIpc) is 3.13. The molecule has 1 aliphatic rings. The van der Waals surface area contributed by atoms with Crippen LogP contribution in [-0.2, 0) is 11.3 Å². The average molecular weight is 422 g/mol. The lowest BCUT2D eigenvalue weighted by Gasteiger charge is -2.14. The number of nitrogens with zero attached hydrogens (tertiary/aromatic N) is 4. The Kier molecular flexibility index (Phi) is 8.13. The minimum atomic E-state index is 0. The van der Waals surface area contributed by atoms with Gasteiger partial charge in [0.15, 0.2) is 11.8 Å². The van der Waals surface area contributed by atoms with E-state index in [1.165, 1.54) is 0 Å². The third-order valence-corrected chi connectivity index (χ3v) is 3.15. The maximum Gasteiger partial charge on any atom is 0.246 e. The number of aliphatic imine (C=N–C) groups is 1. The molecule has 8 nitrogen and oxygen atoms in total. The van der Waals surface area contributed by atoms with Crippen LogP contribution >= 0.6 is 24.0 Å². The van der Waals surface area contributed by atoms with E-state index in [1.807, 2.05) is 11.8 Å². The molecule has 1 fully saturated rings. The van der Waals surface area contributed by atoms with Gasteiger partial charge in [0.25, 0.3) is 0 Å². The predicted molar refractivity (Wildman–Crippen MR) is 93.1 cm³/mol. The summed E-state index contributed by atoms with van der Waals surface area (Å²) in [7, 11) is 0. The van der Waals surface area contributed by atoms with E-state index >= 15 is 0 Å². The van der Waals surface area contributed by atoms with E-state index in [9.17, 15) is 4.79 Å². The molecule has 1 aliphatic heterocycles. The molecule has 2 rings (SSSR count). The summed E-state index contributed by atoms with van der Waals surface area (Å²) in [4.78, 5) is 22.2. The number of likely N-dealkylation sites (tertiary alicyclic amines) is 1. The van der Waals surface area contributed by atoms with E-state index in [0.29, 0.717) is 30.8 Å². The molecule has 1 aromatic rings. The van der Waals surface area contributed by atoms with Crippen LogP contribution in [-0.4, -0.2) is 53.1 Å². The number of carbonyl (C=O) groups is 1. The quantitative estimate of drug-likeness (QED) is 0.412. The molecule has 1 aromatic heterocycles. The number of rotatable bonds is 5. The monoisotopic (exact) mass is 422 g/mol.